The zero-order valence-electron chi connectivity index (χ0n) is 22.1. The summed E-state index contributed by atoms with van der Waals surface area (Å²) in [5.74, 6) is -0.794. The Hall–Kier alpha value is -3.36. The number of aryl methyl sites for hydroxylation is 1. The van der Waals surface area contributed by atoms with Crippen molar-refractivity contribution in [3.63, 3.8) is 0 Å². The van der Waals surface area contributed by atoms with Gasteiger partial charge in [0.2, 0.25) is 11.8 Å². The minimum absolute atomic E-state index is 0.0510. The van der Waals surface area contributed by atoms with Gasteiger partial charge < -0.3 is 10.2 Å². The molecule has 9 heteroatoms. The second-order valence-electron chi connectivity index (χ2n) is 9.40. The molecule has 1 N–H and O–H groups in total. The molecule has 0 aromatic heterocycles. The van der Waals surface area contributed by atoms with Crippen LogP contribution in [0.15, 0.2) is 83.8 Å². The molecule has 0 saturated heterocycles. The van der Waals surface area contributed by atoms with Crippen LogP contribution in [0.4, 0.5) is 5.69 Å². The second-order valence-corrected chi connectivity index (χ2v) is 11.7. The van der Waals surface area contributed by atoms with Gasteiger partial charge in [-0.05, 0) is 63.1 Å². The molecule has 0 radical (unpaired) electrons. The van der Waals surface area contributed by atoms with Crippen LogP contribution in [0.5, 0.6) is 0 Å². The van der Waals surface area contributed by atoms with Crippen molar-refractivity contribution >= 4 is 39.1 Å². The summed E-state index contributed by atoms with van der Waals surface area (Å²) in [7, 11) is -4.13. The van der Waals surface area contributed by atoms with E-state index >= 15 is 0 Å². The van der Waals surface area contributed by atoms with Crippen molar-refractivity contribution in [1.82, 2.24) is 10.2 Å². The fraction of sp³-hybridized carbons (Fsp3) is 0.310. The van der Waals surface area contributed by atoms with Crippen molar-refractivity contribution in [1.29, 1.82) is 0 Å². The number of carbonyl (C=O) groups is 2. The Morgan fingerprint density at radius 1 is 0.947 bits per heavy atom. The molecular formula is C29H34ClN3O4S. The number of sulfonamides is 1. The van der Waals surface area contributed by atoms with Crippen LogP contribution in [0.1, 0.15) is 38.3 Å². The topological polar surface area (TPSA) is 86.8 Å². The van der Waals surface area contributed by atoms with Crippen LogP contribution in [0.2, 0.25) is 5.02 Å². The molecule has 202 valence electrons. The highest BCUT2D eigenvalue weighted by molar-refractivity contribution is 7.92. The molecule has 0 heterocycles. The highest BCUT2D eigenvalue weighted by atomic mass is 35.5. The first kappa shape index (κ1) is 29.2. The largest absolute Gasteiger partial charge is 0.352 e. The smallest absolute Gasteiger partial charge is 0.264 e. The van der Waals surface area contributed by atoms with E-state index in [2.05, 4.69) is 5.32 Å². The summed E-state index contributed by atoms with van der Waals surface area (Å²) >= 11 is 6.21. The fourth-order valence-corrected chi connectivity index (χ4v) is 5.67. The van der Waals surface area contributed by atoms with Crippen LogP contribution < -0.4 is 9.62 Å². The molecule has 0 bridgehead atoms. The minimum atomic E-state index is -4.13. The van der Waals surface area contributed by atoms with E-state index in [-0.39, 0.29) is 29.1 Å². The van der Waals surface area contributed by atoms with Gasteiger partial charge in [-0.2, -0.15) is 0 Å². The van der Waals surface area contributed by atoms with Crippen molar-refractivity contribution in [3.05, 3.63) is 95.0 Å². The maximum atomic E-state index is 13.9. The van der Waals surface area contributed by atoms with E-state index in [1.54, 1.807) is 30.3 Å². The van der Waals surface area contributed by atoms with Crippen molar-refractivity contribution in [2.45, 2.75) is 57.6 Å². The third kappa shape index (κ3) is 7.36. The molecule has 1 unspecified atom stereocenters. The van der Waals surface area contributed by atoms with Gasteiger partial charge in [0.1, 0.15) is 12.6 Å². The van der Waals surface area contributed by atoms with E-state index in [1.807, 2.05) is 58.0 Å². The van der Waals surface area contributed by atoms with Gasteiger partial charge in [0.15, 0.2) is 0 Å². The van der Waals surface area contributed by atoms with Gasteiger partial charge >= 0.3 is 0 Å². The number of halogens is 1. The molecule has 2 amide bonds. The van der Waals surface area contributed by atoms with Crippen LogP contribution in [-0.2, 0) is 26.2 Å². The first-order valence-electron chi connectivity index (χ1n) is 12.5. The molecule has 0 aliphatic heterocycles. The highest BCUT2D eigenvalue weighted by Gasteiger charge is 2.33. The Bertz CT molecular complexity index is 1350. The molecule has 0 saturated carbocycles. The summed E-state index contributed by atoms with van der Waals surface area (Å²) in [4.78, 5) is 28.6. The van der Waals surface area contributed by atoms with Crippen LogP contribution in [0, 0.1) is 6.92 Å². The molecule has 0 fully saturated rings. The van der Waals surface area contributed by atoms with Gasteiger partial charge in [-0.25, -0.2) is 8.42 Å². The SMILES string of the molecule is CCC(C(=O)NC(C)C)N(Cc1ccccc1)C(=O)CN(c1cccc(Cl)c1)S(=O)(=O)c1ccc(C)cc1. The third-order valence-corrected chi connectivity index (χ3v) is 8.02. The Morgan fingerprint density at radius 3 is 2.18 bits per heavy atom. The lowest BCUT2D eigenvalue weighted by atomic mass is 10.1. The van der Waals surface area contributed by atoms with Gasteiger partial charge in [0, 0.05) is 17.6 Å². The fourth-order valence-electron chi connectivity index (χ4n) is 4.08. The number of hydrogen-bond acceptors (Lipinski definition) is 4. The van der Waals surface area contributed by atoms with Gasteiger partial charge in [-0.1, -0.05) is 72.6 Å². The number of nitrogens with one attached hydrogen (secondary N) is 1. The third-order valence-electron chi connectivity index (χ3n) is 6.00. The average molecular weight is 556 g/mol. The predicted molar refractivity (Wildman–Crippen MR) is 152 cm³/mol. The summed E-state index contributed by atoms with van der Waals surface area (Å²) in [5.41, 5.74) is 1.99. The van der Waals surface area contributed by atoms with E-state index in [9.17, 15) is 18.0 Å². The van der Waals surface area contributed by atoms with E-state index < -0.39 is 28.5 Å². The molecular weight excluding hydrogens is 522 g/mol. The number of rotatable bonds is 11. The summed E-state index contributed by atoms with van der Waals surface area (Å²) in [6.07, 6.45) is 0.360. The van der Waals surface area contributed by atoms with Crippen LogP contribution in [-0.4, -0.2) is 43.8 Å². The summed E-state index contributed by atoms with van der Waals surface area (Å²) in [5, 5.41) is 3.22. The maximum absolute atomic E-state index is 13.9. The summed E-state index contributed by atoms with van der Waals surface area (Å²) < 4.78 is 28.7. The molecule has 1 atom stereocenters. The molecule has 38 heavy (non-hydrogen) atoms. The van der Waals surface area contributed by atoms with Crippen molar-refractivity contribution in [2.75, 3.05) is 10.8 Å². The molecule has 3 aromatic carbocycles. The Labute approximate surface area is 230 Å². The molecule has 7 nitrogen and oxygen atoms in total. The lowest BCUT2D eigenvalue weighted by molar-refractivity contribution is -0.140. The zero-order valence-corrected chi connectivity index (χ0v) is 23.7. The van der Waals surface area contributed by atoms with E-state index in [0.29, 0.717) is 11.4 Å². The van der Waals surface area contributed by atoms with Crippen LogP contribution in [0.25, 0.3) is 0 Å². The predicted octanol–water partition coefficient (Wildman–Crippen LogP) is 5.18. The Kier molecular flexibility index (Phi) is 9.94. The Balaban J connectivity index is 2.05. The molecule has 0 aliphatic rings. The number of benzene rings is 3. The summed E-state index contributed by atoms with van der Waals surface area (Å²) in [6, 6.07) is 21.2. The lowest BCUT2D eigenvalue weighted by Gasteiger charge is -2.33. The van der Waals surface area contributed by atoms with E-state index in [4.69, 9.17) is 11.6 Å². The highest BCUT2D eigenvalue weighted by Crippen LogP contribution is 2.27. The van der Waals surface area contributed by atoms with Crippen molar-refractivity contribution < 1.29 is 18.0 Å². The second kappa shape index (κ2) is 12.9. The van der Waals surface area contributed by atoms with Crippen molar-refractivity contribution in [3.8, 4) is 0 Å². The molecule has 3 aromatic rings. The van der Waals surface area contributed by atoms with Crippen molar-refractivity contribution in [2.24, 2.45) is 0 Å². The lowest BCUT2D eigenvalue weighted by Crippen LogP contribution is -2.53. The Morgan fingerprint density at radius 2 is 1.61 bits per heavy atom. The van der Waals surface area contributed by atoms with Crippen LogP contribution >= 0.6 is 11.6 Å². The number of carbonyl (C=O) groups excluding carboxylic acids is 2. The first-order valence-corrected chi connectivity index (χ1v) is 14.3. The van der Waals surface area contributed by atoms with E-state index in [1.165, 1.54) is 23.1 Å². The van der Waals surface area contributed by atoms with E-state index in [0.717, 1.165) is 15.4 Å². The van der Waals surface area contributed by atoms with Gasteiger partial charge in [0.25, 0.3) is 10.0 Å². The van der Waals surface area contributed by atoms with Gasteiger partial charge in [-0.3, -0.25) is 13.9 Å². The monoisotopic (exact) mass is 555 g/mol. The molecule has 0 aliphatic carbocycles. The molecule has 3 rings (SSSR count). The summed E-state index contributed by atoms with van der Waals surface area (Å²) in [6.45, 7) is 7.04. The van der Waals surface area contributed by atoms with Gasteiger partial charge in [-0.15, -0.1) is 0 Å². The molecule has 0 spiro atoms. The minimum Gasteiger partial charge on any atom is -0.352 e. The number of hydrogen-bond donors (Lipinski definition) is 1. The normalized spacial score (nSPS) is 12.2. The quantitative estimate of drug-likeness (QED) is 0.353. The standard InChI is InChI=1S/C29H34ClN3O4S/c1-5-27(29(35)31-21(2)3)32(19-23-10-7-6-8-11-23)28(34)20-33(25-13-9-12-24(30)18-25)38(36,37)26-16-14-22(4)15-17-26/h6-18,21,27H,5,19-20H2,1-4H3,(H,31,35). The van der Waals surface area contributed by atoms with Crippen LogP contribution in [0.3, 0.4) is 0 Å². The number of anilines is 1. The number of nitrogens with zero attached hydrogens (tertiary/aromatic N) is 2. The maximum Gasteiger partial charge on any atom is 0.264 e. The first-order chi connectivity index (χ1) is 18.0. The zero-order chi connectivity index (χ0) is 27.9. The number of amides is 2. The average Bonchev–Trinajstić information content (AvgIpc) is 2.87. The van der Waals surface area contributed by atoms with Gasteiger partial charge in [0.05, 0.1) is 10.6 Å².